The Morgan fingerprint density at radius 3 is 2.35 bits per heavy atom. The van der Waals surface area contributed by atoms with Gasteiger partial charge >= 0.3 is 0 Å². The standard InChI is InChI=1S/C20H21N3/c1-15-11-13-23(14-12-15)20-17-9-5-6-10-18(17)21-19(22-20)16-7-3-2-4-8-16/h2-10,15H,11-14H2,1H3. The van der Waals surface area contributed by atoms with Gasteiger partial charge in [-0.1, -0.05) is 49.4 Å². The maximum absolute atomic E-state index is 4.93. The predicted octanol–water partition coefficient (Wildman–Crippen LogP) is 4.53. The molecule has 2 aromatic carbocycles. The van der Waals surface area contributed by atoms with Crippen molar-refractivity contribution in [2.45, 2.75) is 19.8 Å². The number of fused-ring (bicyclic) bond motifs is 1. The highest BCUT2D eigenvalue weighted by atomic mass is 15.2. The highest BCUT2D eigenvalue weighted by Gasteiger charge is 2.20. The number of nitrogens with zero attached hydrogens (tertiary/aromatic N) is 3. The first kappa shape index (κ1) is 14.2. The molecule has 0 radical (unpaired) electrons. The number of benzene rings is 2. The highest BCUT2D eigenvalue weighted by Crippen LogP contribution is 2.30. The molecule has 1 aliphatic heterocycles. The first-order valence-corrected chi connectivity index (χ1v) is 8.38. The second-order valence-corrected chi connectivity index (χ2v) is 6.42. The lowest BCUT2D eigenvalue weighted by atomic mass is 9.99. The van der Waals surface area contributed by atoms with Gasteiger partial charge in [0.1, 0.15) is 5.82 Å². The summed E-state index contributed by atoms with van der Waals surface area (Å²) in [6, 6.07) is 18.6. The minimum absolute atomic E-state index is 0.813. The minimum atomic E-state index is 0.813. The molecule has 0 amide bonds. The maximum Gasteiger partial charge on any atom is 0.162 e. The summed E-state index contributed by atoms with van der Waals surface area (Å²) in [5.41, 5.74) is 2.10. The minimum Gasteiger partial charge on any atom is -0.356 e. The molecule has 2 heterocycles. The molecule has 3 aromatic rings. The lowest BCUT2D eigenvalue weighted by Gasteiger charge is -2.32. The molecular weight excluding hydrogens is 282 g/mol. The third-order valence-corrected chi connectivity index (χ3v) is 4.70. The first-order chi connectivity index (χ1) is 11.3. The maximum atomic E-state index is 4.93. The molecule has 1 aromatic heterocycles. The Balaban J connectivity index is 1.84. The summed E-state index contributed by atoms with van der Waals surface area (Å²) in [6.45, 7) is 4.50. The number of hydrogen-bond donors (Lipinski definition) is 0. The molecule has 4 rings (SSSR count). The Bertz CT molecular complexity index is 805. The summed E-state index contributed by atoms with van der Waals surface area (Å²) in [5, 5.41) is 1.15. The van der Waals surface area contributed by atoms with Gasteiger partial charge in [0.05, 0.1) is 5.52 Å². The predicted molar refractivity (Wildman–Crippen MR) is 95.6 cm³/mol. The van der Waals surface area contributed by atoms with Crippen LogP contribution in [0.1, 0.15) is 19.8 Å². The summed E-state index contributed by atoms with van der Waals surface area (Å²) < 4.78 is 0. The molecule has 3 nitrogen and oxygen atoms in total. The number of anilines is 1. The van der Waals surface area contributed by atoms with Crippen LogP contribution in [-0.4, -0.2) is 23.1 Å². The molecule has 0 spiro atoms. The van der Waals surface area contributed by atoms with Crippen molar-refractivity contribution in [1.82, 2.24) is 9.97 Å². The van der Waals surface area contributed by atoms with Crippen molar-refractivity contribution in [3.63, 3.8) is 0 Å². The van der Waals surface area contributed by atoms with E-state index in [1.807, 2.05) is 24.3 Å². The van der Waals surface area contributed by atoms with Crippen molar-refractivity contribution >= 4 is 16.7 Å². The quantitative estimate of drug-likeness (QED) is 0.696. The Labute approximate surface area is 137 Å². The fraction of sp³-hybridized carbons (Fsp3) is 0.300. The van der Waals surface area contributed by atoms with Crippen molar-refractivity contribution in [3.8, 4) is 11.4 Å². The molecule has 116 valence electrons. The number of para-hydroxylation sites is 1. The van der Waals surface area contributed by atoms with E-state index in [4.69, 9.17) is 9.97 Å². The molecule has 3 heteroatoms. The van der Waals surface area contributed by atoms with Crippen LogP contribution in [0, 0.1) is 5.92 Å². The van der Waals surface area contributed by atoms with Crippen LogP contribution >= 0.6 is 0 Å². The Morgan fingerprint density at radius 1 is 0.870 bits per heavy atom. The zero-order chi connectivity index (χ0) is 15.6. The van der Waals surface area contributed by atoms with Crippen molar-refractivity contribution < 1.29 is 0 Å². The first-order valence-electron chi connectivity index (χ1n) is 8.38. The average molecular weight is 303 g/mol. The number of rotatable bonds is 2. The lowest BCUT2D eigenvalue weighted by Crippen LogP contribution is -2.33. The number of hydrogen-bond acceptors (Lipinski definition) is 3. The van der Waals surface area contributed by atoms with Crippen LogP contribution < -0.4 is 4.90 Å². The van der Waals surface area contributed by atoms with Crippen LogP contribution in [0.15, 0.2) is 54.6 Å². The van der Waals surface area contributed by atoms with E-state index in [1.165, 1.54) is 12.8 Å². The second-order valence-electron chi connectivity index (χ2n) is 6.42. The summed E-state index contributed by atoms with van der Waals surface area (Å²) in [4.78, 5) is 12.1. The summed E-state index contributed by atoms with van der Waals surface area (Å²) in [6.07, 6.45) is 2.47. The normalized spacial score (nSPS) is 16.0. The van der Waals surface area contributed by atoms with E-state index in [0.717, 1.165) is 47.1 Å². The fourth-order valence-corrected chi connectivity index (χ4v) is 3.24. The van der Waals surface area contributed by atoms with Crippen LogP contribution in [0.4, 0.5) is 5.82 Å². The summed E-state index contributed by atoms with van der Waals surface area (Å²) in [7, 11) is 0. The Hall–Kier alpha value is -2.42. The third kappa shape index (κ3) is 2.79. The molecule has 0 saturated carbocycles. The molecule has 1 fully saturated rings. The molecular formula is C20H21N3. The van der Waals surface area contributed by atoms with E-state index < -0.39 is 0 Å². The summed E-state index contributed by atoms with van der Waals surface area (Å²) >= 11 is 0. The third-order valence-electron chi connectivity index (χ3n) is 4.70. The van der Waals surface area contributed by atoms with Gasteiger partial charge in [-0.05, 0) is 30.9 Å². The Kier molecular flexibility index (Phi) is 3.70. The molecule has 1 saturated heterocycles. The van der Waals surface area contributed by atoms with Gasteiger partial charge in [0.2, 0.25) is 0 Å². The van der Waals surface area contributed by atoms with Crippen molar-refractivity contribution in [1.29, 1.82) is 0 Å². The van der Waals surface area contributed by atoms with Gasteiger partial charge < -0.3 is 4.90 Å². The fourth-order valence-electron chi connectivity index (χ4n) is 3.24. The van der Waals surface area contributed by atoms with Gasteiger partial charge in [-0.2, -0.15) is 0 Å². The smallest absolute Gasteiger partial charge is 0.162 e. The monoisotopic (exact) mass is 303 g/mol. The molecule has 0 N–H and O–H groups in total. The molecule has 1 aliphatic rings. The molecule has 23 heavy (non-hydrogen) atoms. The zero-order valence-electron chi connectivity index (χ0n) is 13.4. The van der Waals surface area contributed by atoms with E-state index in [1.54, 1.807) is 0 Å². The second kappa shape index (κ2) is 5.99. The number of aromatic nitrogens is 2. The van der Waals surface area contributed by atoms with Crippen LogP contribution in [-0.2, 0) is 0 Å². The topological polar surface area (TPSA) is 29.0 Å². The SMILES string of the molecule is CC1CCN(c2nc(-c3ccccc3)nc3ccccc23)CC1. The van der Waals surface area contributed by atoms with E-state index in [2.05, 4.69) is 42.2 Å². The molecule has 0 bridgehead atoms. The van der Waals surface area contributed by atoms with Crippen molar-refractivity contribution in [3.05, 3.63) is 54.6 Å². The van der Waals surface area contributed by atoms with E-state index in [-0.39, 0.29) is 0 Å². The van der Waals surface area contributed by atoms with Gasteiger partial charge in [-0.3, -0.25) is 0 Å². The van der Waals surface area contributed by atoms with Gasteiger partial charge in [0.25, 0.3) is 0 Å². The summed E-state index contributed by atoms with van der Waals surface area (Å²) in [5.74, 6) is 2.72. The molecule has 0 atom stereocenters. The van der Waals surface area contributed by atoms with Gasteiger partial charge in [-0.25, -0.2) is 9.97 Å². The lowest BCUT2D eigenvalue weighted by molar-refractivity contribution is 0.437. The average Bonchev–Trinajstić information content (AvgIpc) is 2.62. The molecule has 0 aliphatic carbocycles. The van der Waals surface area contributed by atoms with E-state index >= 15 is 0 Å². The Morgan fingerprint density at radius 2 is 1.57 bits per heavy atom. The largest absolute Gasteiger partial charge is 0.356 e. The highest BCUT2D eigenvalue weighted by molar-refractivity contribution is 5.91. The van der Waals surface area contributed by atoms with Crippen molar-refractivity contribution in [2.75, 3.05) is 18.0 Å². The van der Waals surface area contributed by atoms with Crippen molar-refractivity contribution in [2.24, 2.45) is 5.92 Å². The number of piperidine rings is 1. The van der Waals surface area contributed by atoms with Gasteiger partial charge in [-0.15, -0.1) is 0 Å². The van der Waals surface area contributed by atoms with Gasteiger partial charge in [0.15, 0.2) is 5.82 Å². The van der Waals surface area contributed by atoms with Gasteiger partial charge in [0, 0.05) is 24.0 Å². The van der Waals surface area contributed by atoms with Crippen LogP contribution in [0.25, 0.3) is 22.3 Å². The van der Waals surface area contributed by atoms with E-state index in [0.29, 0.717) is 0 Å². The van der Waals surface area contributed by atoms with Crippen LogP contribution in [0.5, 0.6) is 0 Å². The van der Waals surface area contributed by atoms with Crippen LogP contribution in [0.2, 0.25) is 0 Å². The zero-order valence-corrected chi connectivity index (χ0v) is 13.4. The van der Waals surface area contributed by atoms with Crippen LogP contribution in [0.3, 0.4) is 0 Å². The molecule has 0 unspecified atom stereocenters. The van der Waals surface area contributed by atoms with E-state index in [9.17, 15) is 0 Å².